The molecule has 2 heterocycles. The van der Waals surface area contributed by atoms with Crippen LogP contribution in [0.3, 0.4) is 0 Å². The topological polar surface area (TPSA) is 90.2 Å². The molecule has 0 bridgehead atoms. The van der Waals surface area contributed by atoms with E-state index in [1.807, 2.05) is 11.8 Å². The lowest BCUT2D eigenvalue weighted by Gasteiger charge is -2.10. The molecule has 0 saturated carbocycles. The average molecular weight is 376 g/mol. The van der Waals surface area contributed by atoms with Crippen molar-refractivity contribution in [1.82, 2.24) is 4.90 Å². The van der Waals surface area contributed by atoms with Crippen molar-refractivity contribution in [3.05, 3.63) is 47.0 Å². The number of aliphatic carboxylic acids is 2. The highest BCUT2D eigenvalue weighted by Crippen LogP contribution is 2.39. The Morgan fingerprint density at radius 2 is 1.85 bits per heavy atom. The van der Waals surface area contributed by atoms with Gasteiger partial charge in [-0.3, -0.25) is 4.99 Å². The van der Waals surface area contributed by atoms with Gasteiger partial charge in [-0.05, 0) is 18.4 Å². The van der Waals surface area contributed by atoms with E-state index in [9.17, 15) is 0 Å². The number of fused-ring (bicyclic) bond motifs is 1. The molecular formula is C19H24N2O4S. The molecule has 1 atom stereocenters. The molecule has 140 valence electrons. The molecule has 2 aliphatic rings. The van der Waals surface area contributed by atoms with E-state index < -0.39 is 11.9 Å². The molecule has 0 amide bonds. The van der Waals surface area contributed by atoms with E-state index in [0.717, 1.165) is 6.54 Å². The van der Waals surface area contributed by atoms with Crippen LogP contribution in [-0.2, 0) is 9.59 Å². The number of nitrogens with zero attached hydrogens (tertiary/aromatic N) is 2. The molecule has 2 N–H and O–H groups in total. The van der Waals surface area contributed by atoms with Crippen LogP contribution in [0.25, 0.3) is 0 Å². The van der Waals surface area contributed by atoms with Crippen molar-refractivity contribution in [2.75, 3.05) is 6.54 Å². The molecule has 0 aromatic heterocycles. The van der Waals surface area contributed by atoms with Crippen LogP contribution < -0.4 is 0 Å². The predicted octanol–water partition coefficient (Wildman–Crippen LogP) is 4.11. The first-order valence-corrected chi connectivity index (χ1v) is 9.57. The second-order valence-corrected chi connectivity index (χ2v) is 7.20. The number of benzene rings is 1. The van der Waals surface area contributed by atoms with Gasteiger partial charge in [0.1, 0.15) is 0 Å². The molecule has 0 fully saturated rings. The number of aliphatic imine (C=N–C) groups is 1. The first kappa shape index (κ1) is 20.0. The standard InChI is InChI=1S/C17H22N2S.C2H2O4/c1-2-3-4-8-11-15-12-19-13-16(18-17(19)20-15)14-9-6-5-7-10-14;3-1(4)2(5)6/h5-7,9-10,12,16H,2-4,8,11,13H2,1H3;(H,3,4)(H,5,6). The third-order valence-corrected chi connectivity index (χ3v) is 5.14. The van der Waals surface area contributed by atoms with Gasteiger partial charge in [-0.15, -0.1) is 0 Å². The second-order valence-electron chi connectivity index (χ2n) is 6.11. The maximum atomic E-state index is 9.10. The van der Waals surface area contributed by atoms with Crippen molar-refractivity contribution in [2.45, 2.75) is 45.1 Å². The average Bonchev–Trinajstić information content (AvgIpc) is 3.18. The minimum atomic E-state index is -1.82. The summed E-state index contributed by atoms with van der Waals surface area (Å²) in [4.78, 5) is 26.9. The normalized spacial score (nSPS) is 17.7. The molecular weight excluding hydrogens is 352 g/mol. The van der Waals surface area contributed by atoms with Crippen LogP contribution >= 0.6 is 11.8 Å². The third-order valence-electron chi connectivity index (χ3n) is 4.05. The summed E-state index contributed by atoms with van der Waals surface area (Å²) in [6, 6.07) is 10.9. The van der Waals surface area contributed by atoms with Crippen LogP contribution in [0, 0.1) is 0 Å². The molecule has 1 aromatic rings. The Morgan fingerprint density at radius 3 is 2.42 bits per heavy atom. The molecule has 0 spiro atoms. The fraction of sp³-hybridized carbons (Fsp3) is 0.421. The van der Waals surface area contributed by atoms with Gasteiger partial charge in [0.25, 0.3) is 0 Å². The molecule has 0 aliphatic carbocycles. The lowest BCUT2D eigenvalue weighted by atomic mass is 10.1. The van der Waals surface area contributed by atoms with Crippen LogP contribution in [0.4, 0.5) is 0 Å². The molecule has 26 heavy (non-hydrogen) atoms. The maximum Gasteiger partial charge on any atom is 0.414 e. The summed E-state index contributed by atoms with van der Waals surface area (Å²) in [5.41, 5.74) is 1.33. The number of hydrogen-bond donors (Lipinski definition) is 2. The Bertz CT molecular complexity index is 676. The summed E-state index contributed by atoms with van der Waals surface area (Å²) in [5.74, 6) is -3.65. The van der Waals surface area contributed by atoms with Gasteiger partial charge in [-0.25, -0.2) is 9.59 Å². The van der Waals surface area contributed by atoms with Crippen molar-refractivity contribution < 1.29 is 19.8 Å². The maximum absolute atomic E-state index is 9.10. The highest BCUT2D eigenvalue weighted by molar-refractivity contribution is 8.17. The summed E-state index contributed by atoms with van der Waals surface area (Å²) in [6.07, 6.45) is 8.88. The van der Waals surface area contributed by atoms with Crippen LogP contribution in [-0.4, -0.2) is 38.8 Å². The number of amidine groups is 1. The Kier molecular flexibility index (Phi) is 7.72. The van der Waals surface area contributed by atoms with E-state index in [2.05, 4.69) is 48.4 Å². The summed E-state index contributed by atoms with van der Waals surface area (Å²) in [6.45, 7) is 3.27. The highest BCUT2D eigenvalue weighted by atomic mass is 32.2. The van der Waals surface area contributed by atoms with E-state index in [1.165, 1.54) is 47.7 Å². The molecule has 1 unspecified atom stereocenters. The zero-order valence-corrected chi connectivity index (χ0v) is 15.6. The zero-order chi connectivity index (χ0) is 18.9. The van der Waals surface area contributed by atoms with Crippen LogP contribution in [0.5, 0.6) is 0 Å². The molecule has 2 aliphatic heterocycles. The van der Waals surface area contributed by atoms with Crippen LogP contribution in [0.1, 0.15) is 50.6 Å². The Labute approximate surface area is 157 Å². The van der Waals surface area contributed by atoms with E-state index in [-0.39, 0.29) is 0 Å². The van der Waals surface area contributed by atoms with Gasteiger partial charge in [0.15, 0.2) is 5.17 Å². The third kappa shape index (κ3) is 5.91. The smallest absolute Gasteiger partial charge is 0.414 e. The van der Waals surface area contributed by atoms with E-state index in [0.29, 0.717) is 6.04 Å². The van der Waals surface area contributed by atoms with Crippen molar-refractivity contribution in [3.8, 4) is 0 Å². The molecule has 0 saturated heterocycles. The van der Waals surface area contributed by atoms with Crippen molar-refractivity contribution in [1.29, 1.82) is 0 Å². The van der Waals surface area contributed by atoms with Crippen molar-refractivity contribution >= 4 is 28.9 Å². The predicted molar refractivity (Wildman–Crippen MR) is 103 cm³/mol. The van der Waals surface area contributed by atoms with Crippen LogP contribution in [0.15, 0.2) is 46.4 Å². The minimum Gasteiger partial charge on any atom is -0.473 e. The molecule has 0 radical (unpaired) electrons. The monoisotopic (exact) mass is 376 g/mol. The number of allylic oxidation sites excluding steroid dienone is 1. The fourth-order valence-corrected chi connectivity index (χ4v) is 3.81. The number of thioether (sulfide) groups is 1. The number of carboxylic acids is 2. The van der Waals surface area contributed by atoms with Gasteiger partial charge in [-0.2, -0.15) is 0 Å². The van der Waals surface area contributed by atoms with Gasteiger partial charge in [0.05, 0.1) is 12.6 Å². The summed E-state index contributed by atoms with van der Waals surface area (Å²) in [7, 11) is 0. The van der Waals surface area contributed by atoms with E-state index in [1.54, 1.807) is 0 Å². The van der Waals surface area contributed by atoms with Gasteiger partial charge >= 0.3 is 11.9 Å². The van der Waals surface area contributed by atoms with Gasteiger partial charge in [-0.1, -0.05) is 68.3 Å². The molecule has 3 rings (SSSR count). The Morgan fingerprint density at radius 1 is 1.15 bits per heavy atom. The number of carboxylic acid groups (broad SMARTS) is 2. The minimum absolute atomic E-state index is 0.316. The first-order chi connectivity index (χ1) is 12.5. The number of carbonyl (C=O) groups is 2. The van der Waals surface area contributed by atoms with Gasteiger partial charge in [0.2, 0.25) is 0 Å². The van der Waals surface area contributed by atoms with Gasteiger partial charge < -0.3 is 15.1 Å². The van der Waals surface area contributed by atoms with E-state index in [4.69, 9.17) is 24.8 Å². The fourth-order valence-electron chi connectivity index (χ4n) is 2.72. The number of unbranched alkanes of at least 4 members (excludes halogenated alkanes) is 3. The SMILES string of the molecule is CCCCCCC1=CN2CC(c3ccccc3)N=C2S1.O=C(O)C(=O)O. The van der Waals surface area contributed by atoms with Crippen molar-refractivity contribution in [3.63, 3.8) is 0 Å². The van der Waals surface area contributed by atoms with Crippen LogP contribution in [0.2, 0.25) is 0 Å². The summed E-state index contributed by atoms with van der Waals surface area (Å²) < 4.78 is 0. The first-order valence-electron chi connectivity index (χ1n) is 8.75. The largest absolute Gasteiger partial charge is 0.473 e. The quantitative estimate of drug-likeness (QED) is 0.573. The Hall–Kier alpha value is -2.28. The number of hydrogen-bond acceptors (Lipinski definition) is 5. The number of rotatable bonds is 6. The second kappa shape index (κ2) is 10.0. The van der Waals surface area contributed by atoms with Crippen molar-refractivity contribution in [2.24, 2.45) is 4.99 Å². The molecule has 6 nitrogen and oxygen atoms in total. The lowest BCUT2D eigenvalue weighted by molar-refractivity contribution is -0.159. The molecule has 7 heteroatoms. The molecule has 1 aromatic carbocycles. The summed E-state index contributed by atoms with van der Waals surface area (Å²) >= 11 is 1.87. The summed E-state index contributed by atoms with van der Waals surface area (Å²) in [5, 5.41) is 16.0. The highest BCUT2D eigenvalue weighted by Gasteiger charge is 2.30. The lowest BCUT2D eigenvalue weighted by Crippen LogP contribution is -2.16. The van der Waals surface area contributed by atoms with Gasteiger partial charge in [0, 0.05) is 11.1 Å². The zero-order valence-electron chi connectivity index (χ0n) is 14.8. The van der Waals surface area contributed by atoms with E-state index >= 15 is 0 Å². The Balaban J connectivity index is 0.000000352.